The molecule has 2 atom stereocenters. The number of amidine groups is 1. The highest BCUT2D eigenvalue weighted by Crippen LogP contribution is 2.39. The maximum Gasteiger partial charge on any atom is 0.279 e. The topological polar surface area (TPSA) is 65.0 Å². The lowest BCUT2D eigenvalue weighted by molar-refractivity contribution is 0.311. The van der Waals surface area contributed by atoms with E-state index in [9.17, 15) is 8.42 Å². The summed E-state index contributed by atoms with van der Waals surface area (Å²) in [4.78, 5) is 6.88. The second-order valence-corrected chi connectivity index (χ2v) is 9.39. The van der Waals surface area contributed by atoms with Crippen LogP contribution >= 0.6 is 0 Å². The summed E-state index contributed by atoms with van der Waals surface area (Å²) in [5, 5.41) is 0. The summed E-state index contributed by atoms with van der Waals surface area (Å²) in [6.45, 7) is 2.67. The quantitative estimate of drug-likeness (QED) is 0.836. The van der Waals surface area contributed by atoms with Gasteiger partial charge in [-0.2, -0.15) is 17.4 Å². The zero-order chi connectivity index (χ0) is 16.0. The summed E-state index contributed by atoms with van der Waals surface area (Å²) in [7, 11) is -1.18. The van der Waals surface area contributed by atoms with Crippen LogP contribution in [0.25, 0.3) is 0 Å². The van der Waals surface area contributed by atoms with Crippen molar-refractivity contribution in [1.29, 1.82) is 0 Å². The van der Waals surface area contributed by atoms with E-state index in [0.717, 1.165) is 58.2 Å². The monoisotopic (exact) mass is 340 g/mol. The molecule has 2 bridgehead atoms. The van der Waals surface area contributed by atoms with Gasteiger partial charge in [0, 0.05) is 38.1 Å². The molecule has 23 heavy (non-hydrogen) atoms. The van der Waals surface area contributed by atoms with Gasteiger partial charge in [-0.25, -0.2) is 0 Å². The normalized spacial score (nSPS) is 38.3. The molecular weight excluding hydrogens is 312 g/mol. The van der Waals surface area contributed by atoms with Gasteiger partial charge in [0.25, 0.3) is 10.2 Å². The molecule has 0 aromatic rings. The molecule has 2 unspecified atom stereocenters. The Hall–Kier alpha value is -0.660. The number of hydrogen-bond donors (Lipinski definition) is 1. The lowest BCUT2D eigenvalue weighted by Crippen LogP contribution is -2.49. The van der Waals surface area contributed by atoms with Gasteiger partial charge in [-0.3, -0.25) is 4.99 Å². The highest BCUT2D eigenvalue weighted by Gasteiger charge is 2.44. The maximum absolute atomic E-state index is 12.7. The van der Waals surface area contributed by atoms with Crippen LogP contribution in [0.4, 0.5) is 0 Å². The third-order valence-electron chi connectivity index (χ3n) is 6.18. The predicted octanol–water partition coefficient (Wildman–Crippen LogP) is 1.21. The summed E-state index contributed by atoms with van der Waals surface area (Å²) in [5.74, 6) is 2.36. The summed E-state index contributed by atoms with van der Waals surface area (Å²) in [6.07, 6.45) is 7.27. The third kappa shape index (κ3) is 3.03. The fraction of sp³-hybridized carbons (Fsp3) is 0.938. The fourth-order valence-electron chi connectivity index (χ4n) is 4.91. The van der Waals surface area contributed by atoms with Gasteiger partial charge in [0.2, 0.25) is 0 Å². The third-order valence-corrected chi connectivity index (χ3v) is 7.87. The molecule has 130 valence electrons. The van der Waals surface area contributed by atoms with Crippen molar-refractivity contribution in [3.8, 4) is 0 Å². The zero-order valence-electron chi connectivity index (χ0n) is 13.9. The molecule has 4 aliphatic rings. The molecule has 1 saturated heterocycles. The maximum atomic E-state index is 12.7. The Morgan fingerprint density at radius 3 is 2.48 bits per heavy atom. The van der Waals surface area contributed by atoms with Crippen molar-refractivity contribution in [2.45, 2.75) is 57.0 Å². The molecule has 0 spiro atoms. The van der Waals surface area contributed by atoms with Gasteiger partial charge in [0.1, 0.15) is 5.84 Å². The molecule has 3 fully saturated rings. The summed E-state index contributed by atoms with van der Waals surface area (Å²) < 4.78 is 30.1. The molecule has 2 heterocycles. The van der Waals surface area contributed by atoms with Crippen molar-refractivity contribution < 1.29 is 8.42 Å². The van der Waals surface area contributed by atoms with Crippen LogP contribution in [0.1, 0.15) is 44.9 Å². The van der Waals surface area contributed by atoms with Crippen molar-refractivity contribution in [2.24, 2.45) is 16.8 Å². The minimum atomic E-state index is -3.30. The van der Waals surface area contributed by atoms with Crippen molar-refractivity contribution in [3.05, 3.63) is 0 Å². The number of hydrogen-bond acceptors (Lipinski definition) is 4. The fourth-order valence-corrected chi connectivity index (χ4v) is 6.70. The van der Waals surface area contributed by atoms with Gasteiger partial charge in [-0.15, -0.1) is 0 Å². The van der Waals surface area contributed by atoms with E-state index in [0.29, 0.717) is 11.8 Å². The molecule has 2 aliphatic carbocycles. The first-order chi connectivity index (χ1) is 11.0. The smallest absolute Gasteiger partial charge is 0.279 e. The predicted molar refractivity (Wildman–Crippen MR) is 90.6 cm³/mol. The van der Waals surface area contributed by atoms with Crippen LogP contribution in [0.3, 0.4) is 0 Å². The van der Waals surface area contributed by atoms with Crippen LogP contribution in [0.15, 0.2) is 4.99 Å². The Balaban J connectivity index is 1.32. The standard InChI is InChI=1S/C16H28N4O2S/c1-19-9-8-17-16(19)13-3-5-14(6-4-13)18-23(21,22)20-11-12-2-7-15(20)10-12/h12-15,18H,2-11H2,1H3. The Kier molecular flexibility index (Phi) is 4.14. The summed E-state index contributed by atoms with van der Waals surface area (Å²) in [6, 6.07) is 0.359. The zero-order valence-corrected chi connectivity index (χ0v) is 14.8. The first-order valence-electron chi connectivity index (χ1n) is 9.07. The molecule has 1 N–H and O–H groups in total. The van der Waals surface area contributed by atoms with Crippen LogP contribution < -0.4 is 4.72 Å². The molecule has 0 amide bonds. The number of rotatable bonds is 4. The van der Waals surface area contributed by atoms with Gasteiger partial charge in [-0.1, -0.05) is 0 Å². The summed E-state index contributed by atoms with van der Waals surface area (Å²) in [5.41, 5.74) is 0. The van der Waals surface area contributed by atoms with Crippen LogP contribution in [0.5, 0.6) is 0 Å². The highest BCUT2D eigenvalue weighted by molar-refractivity contribution is 7.87. The molecule has 7 heteroatoms. The Bertz CT molecular complexity index is 583. The first kappa shape index (κ1) is 15.8. The van der Waals surface area contributed by atoms with E-state index in [1.807, 2.05) is 0 Å². The van der Waals surface area contributed by atoms with Crippen molar-refractivity contribution in [1.82, 2.24) is 13.9 Å². The average molecular weight is 340 g/mol. The van der Waals surface area contributed by atoms with E-state index < -0.39 is 10.2 Å². The molecule has 0 radical (unpaired) electrons. The van der Waals surface area contributed by atoms with Gasteiger partial charge in [0.15, 0.2) is 0 Å². The van der Waals surface area contributed by atoms with E-state index in [-0.39, 0.29) is 12.1 Å². The Morgan fingerprint density at radius 2 is 1.91 bits per heavy atom. The van der Waals surface area contributed by atoms with E-state index >= 15 is 0 Å². The average Bonchev–Trinajstić information content (AvgIpc) is 3.24. The minimum Gasteiger partial charge on any atom is -0.361 e. The highest BCUT2D eigenvalue weighted by atomic mass is 32.2. The number of aliphatic imine (C=N–C) groups is 1. The Labute approximate surface area is 139 Å². The molecule has 2 saturated carbocycles. The number of nitrogens with one attached hydrogen (secondary N) is 1. The van der Waals surface area contributed by atoms with Gasteiger partial charge >= 0.3 is 0 Å². The van der Waals surface area contributed by atoms with E-state index in [4.69, 9.17) is 0 Å². The molecule has 6 nitrogen and oxygen atoms in total. The van der Waals surface area contributed by atoms with Gasteiger partial charge in [0.05, 0.1) is 6.54 Å². The molecule has 4 rings (SSSR count). The second-order valence-electron chi connectivity index (χ2n) is 7.74. The van der Waals surface area contributed by atoms with Crippen LogP contribution in [0, 0.1) is 11.8 Å². The number of fused-ring (bicyclic) bond motifs is 2. The molecule has 2 aliphatic heterocycles. The van der Waals surface area contributed by atoms with Crippen LogP contribution in [-0.4, -0.2) is 62.2 Å². The largest absolute Gasteiger partial charge is 0.361 e. The second kappa shape index (κ2) is 6.01. The van der Waals surface area contributed by atoms with E-state index in [1.54, 1.807) is 4.31 Å². The number of piperidine rings is 1. The van der Waals surface area contributed by atoms with Crippen LogP contribution in [-0.2, 0) is 10.2 Å². The lowest BCUT2D eigenvalue weighted by atomic mass is 9.85. The lowest BCUT2D eigenvalue weighted by Gasteiger charge is -2.33. The van der Waals surface area contributed by atoms with Crippen molar-refractivity contribution >= 4 is 16.0 Å². The Morgan fingerprint density at radius 1 is 1.13 bits per heavy atom. The molecule has 0 aromatic carbocycles. The molecular formula is C16H28N4O2S. The van der Waals surface area contributed by atoms with Crippen LogP contribution in [0.2, 0.25) is 0 Å². The van der Waals surface area contributed by atoms with Crippen molar-refractivity contribution in [2.75, 3.05) is 26.7 Å². The SMILES string of the molecule is CN1CCN=C1C1CCC(NS(=O)(=O)N2CC3CCC2C3)CC1. The van der Waals surface area contributed by atoms with Crippen molar-refractivity contribution in [3.63, 3.8) is 0 Å². The van der Waals surface area contributed by atoms with Gasteiger partial charge < -0.3 is 4.90 Å². The summed E-state index contributed by atoms with van der Waals surface area (Å²) >= 11 is 0. The first-order valence-corrected chi connectivity index (χ1v) is 10.5. The van der Waals surface area contributed by atoms with Gasteiger partial charge in [-0.05, 0) is 50.9 Å². The van der Waals surface area contributed by atoms with E-state index in [1.165, 1.54) is 12.3 Å². The number of nitrogens with zero attached hydrogens (tertiary/aromatic N) is 3. The minimum absolute atomic E-state index is 0.0997. The van der Waals surface area contributed by atoms with E-state index in [2.05, 4.69) is 21.7 Å². The molecule has 0 aromatic heterocycles. The number of likely N-dealkylation sites (N-methyl/N-ethyl adjacent to an activating group) is 1.